The Morgan fingerprint density at radius 1 is 1.11 bits per heavy atom. The van der Waals surface area contributed by atoms with Crippen LogP contribution in [0.4, 0.5) is 0 Å². The summed E-state index contributed by atoms with van der Waals surface area (Å²) in [5.74, 6) is 1.59. The van der Waals surface area contributed by atoms with Gasteiger partial charge in [0.05, 0.1) is 13.2 Å². The molecule has 0 aromatic heterocycles. The predicted molar refractivity (Wildman–Crippen MR) is 72.4 cm³/mol. The maximum atomic E-state index is 10.2. The zero-order valence-corrected chi connectivity index (χ0v) is 10.7. The number of ether oxygens (including phenoxy) is 2. The fraction of sp³-hybridized carbons (Fsp3) is 0.250. The molecule has 0 saturated heterocycles. The summed E-state index contributed by atoms with van der Waals surface area (Å²) < 4.78 is 11.1. The Balaban J connectivity index is 1.87. The van der Waals surface area contributed by atoms with Crippen LogP contribution in [-0.4, -0.2) is 12.2 Å². The molecule has 2 unspecified atom stereocenters. The number of aliphatic hydroxyl groups excluding tert-OH is 1. The normalized spacial score (nSPS) is 21.4. The summed E-state index contributed by atoms with van der Waals surface area (Å²) >= 11 is 0. The first-order valence-corrected chi connectivity index (χ1v) is 6.35. The van der Waals surface area contributed by atoms with E-state index in [1.54, 1.807) is 7.11 Å². The van der Waals surface area contributed by atoms with Crippen molar-refractivity contribution >= 4 is 0 Å². The van der Waals surface area contributed by atoms with E-state index >= 15 is 0 Å². The molecule has 1 aliphatic heterocycles. The highest BCUT2D eigenvalue weighted by molar-refractivity contribution is 5.39. The van der Waals surface area contributed by atoms with Gasteiger partial charge in [-0.1, -0.05) is 30.3 Å². The fourth-order valence-corrected chi connectivity index (χ4v) is 2.42. The molecule has 98 valence electrons. The quantitative estimate of drug-likeness (QED) is 0.896. The summed E-state index contributed by atoms with van der Waals surface area (Å²) in [6.45, 7) is 0. The van der Waals surface area contributed by atoms with Crippen molar-refractivity contribution in [1.29, 1.82) is 0 Å². The van der Waals surface area contributed by atoms with Crippen molar-refractivity contribution in [3.8, 4) is 11.5 Å². The van der Waals surface area contributed by atoms with Gasteiger partial charge in [-0.05, 0) is 23.8 Å². The molecule has 2 aromatic carbocycles. The van der Waals surface area contributed by atoms with Crippen LogP contribution in [0, 0.1) is 0 Å². The maximum Gasteiger partial charge on any atom is 0.127 e. The summed E-state index contributed by atoms with van der Waals surface area (Å²) in [7, 11) is 1.64. The van der Waals surface area contributed by atoms with E-state index in [4.69, 9.17) is 9.47 Å². The molecule has 0 aliphatic carbocycles. The third kappa shape index (κ3) is 2.29. The highest BCUT2D eigenvalue weighted by Crippen LogP contribution is 2.40. The Kier molecular flexibility index (Phi) is 3.13. The molecule has 0 saturated carbocycles. The van der Waals surface area contributed by atoms with Crippen LogP contribution in [0.2, 0.25) is 0 Å². The first kappa shape index (κ1) is 12.1. The number of fused-ring (bicyclic) bond motifs is 1. The van der Waals surface area contributed by atoms with Gasteiger partial charge in [0, 0.05) is 12.0 Å². The third-order valence-electron chi connectivity index (χ3n) is 3.47. The molecule has 0 spiro atoms. The number of methoxy groups -OCH3 is 1. The van der Waals surface area contributed by atoms with Gasteiger partial charge in [0.2, 0.25) is 0 Å². The highest BCUT2D eigenvalue weighted by Gasteiger charge is 2.27. The maximum absolute atomic E-state index is 10.2. The largest absolute Gasteiger partial charge is 0.497 e. The third-order valence-corrected chi connectivity index (χ3v) is 3.47. The van der Waals surface area contributed by atoms with Crippen LogP contribution in [0.5, 0.6) is 11.5 Å². The Morgan fingerprint density at radius 2 is 1.84 bits per heavy atom. The second kappa shape index (κ2) is 4.94. The second-order valence-electron chi connectivity index (χ2n) is 4.67. The smallest absolute Gasteiger partial charge is 0.127 e. The lowest BCUT2D eigenvalue weighted by Gasteiger charge is -2.29. The van der Waals surface area contributed by atoms with Crippen LogP contribution >= 0.6 is 0 Å². The number of hydrogen-bond donors (Lipinski definition) is 1. The van der Waals surface area contributed by atoms with Crippen molar-refractivity contribution in [1.82, 2.24) is 0 Å². The van der Waals surface area contributed by atoms with E-state index in [0.29, 0.717) is 6.42 Å². The van der Waals surface area contributed by atoms with Gasteiger partial charge >= 0.3 is 0 Å². The van der Waals surface area contributed by atoms with Crippen LogP contribution in [0.15, 0.2) is 48.5 Å². The number of benzene rings is 2. The summed E-state index contributed by atoms with van der Waals surface area (Å²) in [5, 5.41) is 10.2. The molecule has 19 heavy (non-hydrogen) atoms. The van der Waals surface area contributed by atoms with E-state index in [0.717, 1.165) is 22.6 Å². The summed E-state index contributed by atoms with van der Waals surface area (Å²) in [5.41, 5.74) is 1.92. The van der Waals surface area contributed by atoms with Crippen molar-refractivity contribution in [2.75, 3.05) is 7.11 Å². The summed E-state index contributed by atoms with van der Waals surface area (Å²) in [6.07, 6.45) is -0.0172. The van der Waals surface area contributed by atoms with Crippen LogP contribution in [0.25, 0.3) is 0 Å². The molecular formula is C16H16O3. The molecule has 3 rings (SSSR count). The lowest BCUT2D eigenvalue weighted by atomic mass is 9.95. The monoisotopic (exact) mass is 256 g/mol. The van der Waals surface area contributed by atoms with Crippen molar-refractivity contribution in [3.63, 3.8) is 0 Å². The summed E-state index contributed by atoms with van der Waals surface area (Å²) in [4.78, 5) is 0. The molecule has 3 heteroatoms. The van der Waals surface area contributed by atoms with Gasteiger partial charge < -0.3 is 14.6 Å². The van der Waals surface area contributed by atoms with Gasteiger partial charge in [0.1, 0.15) is 17.6 Å². The van der Waals surface area contributed by atoms with Crippen molar-refractivity contribution in [2.45, 2.75) is 18.6 Å². The molecular weight excluding hydrogens is 240 g/mol. The average Bonchev–Trinajstić information content (AvgIpc) is 2.47. The molecule has 2 atom stereocenters. The Hall–Kier alpha value is -2.00. The lowest BCUT2D eigenvalue weighted by Crippen LogP contribution is -2.18. The molecule has 1 heterocycles. The van der Waals surface area contributed by atoms with Crippen LogP contribution in [-0.2, 0) is 0 Å². The van der Waals surface area contributed by atoms with Crippen molar-refractivity contribution in [3.05, 3.63) is 59.7 Å². The molecule has 0 amide bonds. The highest BCUT2D eigenvalue weighted by atomic mass is 16.5. The minimum Gasteiger partial charge on any atom is -0.497 e. The van der Waals surface area contributed by atoms with E-state index in [1.165, 1.54) is 0 Å². The molecule has 3 nitrogen and oxygen atoms in total. The van der Waals surface area contributed by atoms with E-state index in [2.05, 4.69) is 0 Å². The Bertz CT molecular complexity index is 562. The molecule has 1 aliphatic rings. The number of hydrogen-bond acceptors (Lipinski definition) is 3. The molecule has 2 aromatic rings. The minimum absolute atomic E-state index is 0.115. The second-order valence-corrected chi connectivity index (χ2v) is 4.67. The zero-order chi connectivity index (χ0) is 13.2. The zero-order valence-electron chi connectivity index (χ0n) is 10.7. The van der Waals surface area contributed by atoms with E-state index in [9.17, 15) is 5.11 Å². The number of aliphatic hydroxyl groups is 1. The van der Waals surface area contributed by atoms with Gasteiger partial charge in [-0.25, -0.2) is 0 Å². The first-order valence-electron chi connectivity index (χ1n) is 6.35. The average molecular weight is 256 g/mol. The SMILES string of the molecule is COc1ccc(C2CC(O)c3ccccc3O2)cc1. The number of para-hydroxylation sites is 1. The molecule has 0 radical (unpaired) electrons. The lowest BCUT2D eigenvalue weighted by molar-refractivity contribution is 0.0657. The van der Waals surface area contributed by atoms with Crippen LogP contribution in [0.1, 0.15) is 29.8 Å². The van der Waals surface area contributed by atoms with E-state index in [-0.39, 0.29) is 6.10 Å². The standard InChI is InChI=1S/C16H16O3/c1-18-12-8-6-11(7-9-12)16-10-14(17)13-4-2-3-5-15(13)19-16/h2-9,14,16-17H,10H2,1H3. The van der Waals surface area contributed by atoms with E-state index < -0.39 is 6.10 Å². The minimum atomic E-state index is -0.475. The molecule has 0 fully saturated rings. The van der Waals surface area contributed by atoms with E-state index in [1.807, 2.05) is 48.5 Å². The fourth-order valence-electron chi connectivity index (χ4n) is 2.42. The predicted octanol–water partition coefficient (Wildman–Crippen LogP) is 3.25. The van der Waals surface area contributed by atoms with Crippen molar-refractivity contribution < 1.29 is 14.6 Å². The van der Waals surface area contributed by atoms with Gasteiger partial charge in [-0.2, -0.15) is 0 Å². The van der Waals surface area contributed by atoms with Gasteiger partial charge in [-0.3, -0.25) is 0 Å². The van der Waals surface area contributed by atoms with Gasteiger partial charge in [0.25, 0.3) is 0 Å². The van der Waals surface area contributed by atoms with Gasteiger partial charge in [0.15, 0.2) is 0 Å². The van der Waals surface area contributed by atoms with Crippen LogP contribution in [0.3, 0.4) is 0 Å². The Labute approximate surface area is 112 Å². The van der Waals surface area contributed by atoms with Gasteiger partial charge in [-0.15, -0.1) is 0 Å². The van der Waals surface area contributed by atoms with Crippen molar-refractivity contribution in [2.24, 2.45) is 0 Å². The topological polar surface area (TPSA) is 38.7 Å². The molecule has 1 N–H and O–H groups in total. The molecule has 0 bridgehead atoms. The number of rotatable bonds is 2. The first-order chi connectivity index (χ1) is 9.28. The van der Waals surface area contributed by atoms with Crippen LogP contribution < -0.4 is 9.47 Å². The summed E-state index contributed by atoms with van der Waals surface area (Å²) in [6, 6.07) is 15.4. The Morgan fingerprint density at radius 3 is 2.58 bits per heavy atom.